The molecule has 2 amide bonds. The van der Waals surface area contributed by atoms with Crippen LogP contribution < -0.4 is 26.0 Å². The van der Waals surface area contributed by atoms with Gasteiger partial charge in [0, 0.05) is 28.9 Å². The molecule has 16 heteroatoms. The average Bonchev–Trinajstić information content (AvgIpc) is 2.81. The highest BCUT2D eigenvalue weighted by atomic mass is 35.5. The number of ether oxygens (including phenoxy) is 1. The molecule has 2 aromatic carbocycles. The Bertz CT molecular complexity index is 1280. The van der Waals surface area contributed by atoms with Crippen LogP contribution in [0.1, 0.15) is 28.4 Å². The molecule has 1 unspecified atom stereocenters. The molecule has 0 saturated heterocycles. The predicted molar refractivity (Wildman–Crippen MR) is 132 cm³/mol. The van der Waals surface area contributed by atoms with E-state index >= 15 is 0 Å². The minimum atomic E-state index is -5.03. The molecule has 210 valence electrons. The Labute approximate surface area is 223 Å². The molecule has 0 fully saturated rings. The summed E-state index contributed by atoms with van der Waals surface area (Å²) < 4.78 is 41.7. The number of aliphatic hydroxyl groups excluding tert-OH is 1. The summed E-state index contributed by atoms with van der Waals surface area (Å²) in [7, 11) is 0. The van der Waals surface area contributed by atoms with E-state index in [1.54, 1.807) is 0 Å². The lowest BCUT2D eigenvalue weighted by Gasteiger charge is -2.20. The van der Waals surface area contributed by atoms with Crippen molar-refractivity contribution in [2.75, 3.05) is 25.0 Å². The van der Waals surface area contributed by atoms with E-state index in [-0.39, 0.29) is 40.7 Å². The number of hydrogen-bond acceptors (Lipinski definition) is 9. The van der Waals surface area contributed by atoms with E-state index in [1.165, 1.54) is 18.2 Å². The quantitative estimate of drug-likeness (QED) is 0.235. The number of aromatic hydroxyl groups is 1. The predicted octanol–water partition coefficient (Wildman–Crippen LogP) is 1.74. The number of carboxylic acids is 1. The van der Waals surface area contributed by atoms with Gasteiger partial charge in [-0.2, -0.15) is 0 Å². The number of benzene rings is 2. The maximum atomic E-state index is 12.6. The number of phenols is 1. The zero-order valence-electron chi connectivity index (χ0n) is 19.9. The van der Waals surface area contributed by atoms with Crippen LogP contribution in [0.25, 0.3) is 0 Å². The van der Waals surface area contributed by atoms with Gasteiger partial charge in [0.2, 0.25) is 5.91 Å². The van der Waals surface area contributed by atoms with E-state index in [0.29, 0.717) is 5.96 Å². The molecule has 12 nitrogen and oxygen atoms in total. The molecule has 1 aliphatic rings. The Kier molecular flexibility index (Phi) is 9.42. The molecule has 2 atom stereocenters. The third kappa shape index (κ3) is 9.54. The van der Waals surface area contributed by atoms with Crippen molar-refractivity contribution in [2.45, 2.75) is 24.9 Å². The fourth-order valence-corrected chi connectivity index (χ4v) is 3.71. The highest BCUT2D eigenvalue weighted by Gasteiger charge is 2.32. The summed E-state index contributed by atoms with van der Waals surface area (Å²) in [5.41, 5.74) is 0.179. The van der Waals surface area contributed by atoms with Crippen molar-refractivity contribution in [1.29, 1.82) is 0 Å². The van der Waals surface area contributed by atoms with Gasteiger partial charge >= 0.3 is 12.3 Å². The maximum Gasteiger partial charge on any atom is 0.573 e. The Morgan fingerprint density at radius 2 is 1.92 bits per heavy atom. The monoisotopic (exact) mass is 573 g/mol. The van der Waals surface area contributed by atoms with Crippen molar-refractivity contribution in [2.24, 2.45) is 4.99 Å². The van der Waals surface area contributed by atoms with Gasteiger partial charge in [-0.1, -0.05) is 11.6 Å². The van der Waals surface area contributed by atoms with Gasteiger partial charge in [-0.15, -0.1) is 13.2 Å². The Morgan fingerprint density at radius 1 is 1.18 bits per heavy atom. The van der Waals surface area contributed by atoms with E-state index in [9.17, 15) is 42.9 Å². The van der Waals surface area contributed by atoms with Crippen LogP contribution in [0.3, 0.4) is 0 Å². The molecular formula is C23H23ClF3N5O7. The fourth-order valence-electron chi connectivity index (χ4n) is 3.48. The Balaban J connectivity index is 1.66. The van der Waals surface area contributed by atoms with Crippen molar-refractivity contribution in [3.63, 3.8) is 0 Å². The zero-order valence-corrected chi connectivity index (χ0v) is 20.6. The van der Waals surface area contributed by atoms with Crippen LogP contribution in [0.4, 0.5) is 18.9 Å². The van der Waals surface area contributed by atoms with E-state index in [2.05, 4.69) is 31.0 Å². The van der Waals surface area contributed by atoms with Crippen molar-refractivity contribution in [3.8, 4) is 11.5 Å². The average molecular weight is 574 g/mol. The van der Waals surface area contributed by atoms with Gasteiger partial charge in [0.25, 0.3) is 5.91 Å². The van der Waals surface area contributed by atoms with Crippen molar-refractivity contribution >= 4 is 41.0 Å². The molecule has 1 aliphatic heterocycles. The van der Waals surface area contributed by atoms with Gasteiger partial charge in [0.1, 0.15) is 11.5 Å². The SMILES string of the molecule is O=C(O)C[C@H](NC(=O)CNC(=O)c1cc(O)cc(NC2=NCC(O)CN2)c1)c1cc(Cl)cc(OC(F)(F)F)c1. The van der Waals surface area contributed by atoms with Crippen LogP contribution in [-0.2, 0) is 9.59 Å². The summed E-state index contributed by atoms with van der Waals surface area (Å²) >= 11 is 5.85. The summed E-state index contributed by atoms with van der Waals surface area (Å²) in [5.74, 6) is -3.66. The minimum Gasteiger partial charge on any atom is -0.508 e. The molecule has 1 heterocycles. The Morgan fingerprint density at radius 3 is 2.56 bits per heavy atom. The van der Waals surface area contributed by atoms with E-state index in [0.717, 1.165) is 18.2 Å². The molecule has 0 radical (unpaired) electrons. The van der Waals surface area contributed by atoms with Crippen LogP contribution in [0.5, 0.6) is 11.5 Å². The third-order valence-electron chi connectivity index (χ3n) is 5.06. The number of carboxylic acid groups (broad SMARTS) is 1. The van der Waals surface area contributed by atoms with Crippen LogP contribution >= 0.6 is 11.6 Å². The molecule has 7 N–H and O–H groups in total. The number of guanidine groups is 1. The van der Waals surface area contributed by atoms with Crippen LogP contribution in [0.15, 0.2) is 41.4 Å². The molecular weight excluding hydrogens is 551 g/mol. The first-order valence-electron chi connectivity index (χ1n) is 11.2. The van der Waals surface area contributed by atoms with Gasteiger partial charge in [-0.25, -0.2) is 0 Å². The molecule has 39 heavy (non-hydrogen) atoms. The molecule has 0 spiro atoms. The van der Waals surface area contributed by atoms with Crippen LogP contribution in [0, 0.1) is 0 Å². The highest BCUT2D eigenvalue weighted by molar-refractivity contribution is 6.30. The number of aliphatic imine (C=N–C) groups is 1. The number of halogens is 4. The summed E-state index contributed by atoms with van der Waals surface area (Å²) in [6.45, 7) is -0.223. The number of β-amino-alcohol motifs (C(OH)–C–C–N with tert-alkyl or cyclic N) is 1. The largest absolute Gasteiger partial charge is 0.573 e. The first-order valence-corrected chi connectivity index (χ1v) is 11.6. The number of amides is 2. The topological polar surface area (TPSA) is 182 Å². The van der Waals surface area contributed by atoms with Crippen molar-refractivity contribution in [1.82, 2.24) is 16.0 Å². The summed E-state index contributed by atoms with van der Waals surface area (Å²) in [6, 6.07) is 5.45. The fraction of sp³-hybridized carbons (Fsp3) is 0.304. The summed E-state index contributed by atoms with van der Waals surface area (Å²) in [4.78, 5) is 40.5. The molecule has 3 rings (SSSR count). The summed E-state index contributed by atoms with van der Waals surface area (Å²) in [6.07, 6.45) is -6.37. The second-order valence-electron chi connectivity index (χ2n) is 8.29. The number of nitrogens with zero attached hydrogens (tertiary/aromatic N) is 1. The maximum absolute atomic E-state index is 12.6. The normalized spacial score (nSPS) is 15.8. The lowest BCUT2D eigenvalue weighted by Crippen LogP contribution is -2.42. The molecule has 2 aromatic rings. The van der Waals surface area contributed by atoms with Gasteiger partial charge in [0.15, 0.2) is 5.96 Å². The van der Waals surface area contributed by atoms with Gasteiger partial charge < -0.3 is 41.3 Å². The van der Waals surface area contributed by atoms with Crippen LogP contribution in [0.2, 0.25) is 5.02 Å². The molecule has 0 aliphatic carbocycles. The standard InChI is InChI=1S/C23H23ClF3N5O7/c24-13-1-11(4-17(5-13)39-23(25,26)27)18(7-20(36)37)32-19(35)10-28-21(38)12-2-14(6-15(33)3-12)31-22-29-8-16(34)9-30-22/h1-6,16,18,33-34H,7-10H2,(H,28,38)(H,32,35)(H,36,37)(H2,29,30,31)/t18-/m0/s1. The highest BCUT2D eigenvalue weighted by Crippen LogP contribution is 2.30. The van der Waals surface area contributed by atoms with E-state index in [1.807, 2.05) is 0 Å². The number of anilines is 1. The molecule has 0 aromatic heterocycles. The van der Waals surface area contributed by atoms with Gasteiger partial charge in [0.05, 0.1) is 31.7 Å². The second-order valence-corrected chi connectivity index (χ2v) is 8.72. The first-order chi connectivity index (χ1) is 18.3. The summed E-state index contributed by atoms with van der Waals surface area (Å²) in [5, 5.41) is 38.8. The van der Waals surface area contributed by atoms with Crippen molar-refractivity contribution in [3.05, 3.63) is 52.5 Å². The lowest BCUT2D eigenvalue weighted by atomic mass is 10.0. The second kappa shape index (κ2) is 12.5. The Hall–Kier alpha value is -4.24. The number of alkyl halides is 3. The van der Waals surface area contributed by atoms with Crippen molar-refractivity contribution < 1.29 is 47.6 Å². The number of carbonyl (C=O) groups excluding carboxylic acids is 2. The van der Waals surface area contributed by atoms with Crippen LogP contribution in [-0.4, -0.2) is 71.2 Å². The number of carbonyl (C=O) groups is 3. The zero-order chi connectivity index (χ0) is 28.7. The molecule has 0 bridgehead atoms. The van der Waals surface area contributed by atoms with E-state index in [4.69, 9.17) is 11.6 Å². The molecule has 0 saturated carbocycles. The number of aliphatic hydroxyl groups is 1. The lowest BCUT2D eigenvalue weighted by molar-refractivity contribution is -0.274. The number of phenolic OH excluding ortho intramolecular Hbond substituents is 1. The smallest absolute Gasteiger partial charge is 0.508 e. The number of rotatable bonds is 9. The van der Waals surface area contributed by atoms with Gasteiger partial charge in [-0.05, 0) is 35.9 Å². The third-order valence-corrected chi connectivity index (χ3v) is 5.28. The number of nitrogens with one attached hydrogen (secondary N) is 4. The number of aliphatic carboxylic acids is 1. The van der Waals surface area contributed by atoms with Gasteiger partial charge in [-0.3, -0.25) is 19.4 Å². The number of hydrogen-bond donors (Lipinski definition) is 7. The van der Waals surface area contributed by atoms with E-state index < -0.39 is 55.0 Å². The first kappa shape index (κ1) is 29.3. The minimum absolute atomic E-state index is 0.0346.